The van der Waals surface area contributed by atoms with Gasteiger partial charge in [-0.15, -0.1) is 0 Å². The summed E-state index contributed by atoms with van der Waals surface area (Å²) in [7, 11) is 0. The third kappa shape index (κ3) is 3.29. The molecule has 0 unspecified atom stereocenters. The Kier molecular flexibility index (Phi) is 5.36. The zero-order chi connectivity index (χ0) is 14.5. The van der Waals surface area contributed by atoms with Gasteiger partial charge in [-0.25, -0.2) is 0 Å². The largest absolute Gasteiger partial charge is 0.300 e. The molecule has 0 fully saturated rings. The van der Waals surface area contributed by atoms with Crippen molar-refractivity contribution < 1.29 is 4.79 Å². The number of carbonyl (C=O) groups excluding carboxylic acids is 1. The number of benzene rings is 1. The molecule has 0 radical (unpaired) electrons. The van der Waals surface area contributed by atoms with Gasteiger partial charge in [0.1, 0.15) is 0 Å². The fourth-order valence-electron chi connectivity index (χ4n) is 3.46. The summed E-state index contributed by atoms with van der Waals surface area (Å²) in [6.07, 6.45) is 5.81. The molecule has 0 saturated carbocycles. The van der Waals surface area contributed by atoms with Crippen molar-refractivity contribution in [3.8, 4) is 0 Å². The minimum absolute atomic E-state index is 0.208. The molecule has 0 amide bonds. The van der Waals surface area contributed by atoms with E-state index in [9.17, 15) is 4.79 Å². The van der Waals surface area contributed by atoms with Crippen LogP contribution < -0.4 is 0 Å². The lowest BCUT2D eigenvalue weighted by Crippen LogP contribution is -2.40. The highest BCUT2D eigenvalue weighted by Gasteiger charge is 2.25. The predicted molar refractivity (Wildman–Crippen MR) is 84.4 cm³/mol. The number of Topliss-reactive ketones (excluding diaryl/α,β-unsaturated/α-hetero) is 1. The second-order valence-electron chi connectivity index (χ2n) is 5.93. The average molecular weight is 275 g/mol. The molecular weight excluding hydrogens is 248 g/mol. The smallest absolute Gasteiger partial charge is 0.160 e. The maximum absolute atomic E-state index is 11.8. The number of ketones is 1. The van der Waals surface area contributed by atoms with Crippen molar-refractivity contribution in [2.24, 2.45) is 0 Å². The summed E-state index contributed by atoms with van der Waals surface area (Å²) in [5.74, 6) is 0.208. The van der Waals surface area contributed by atoms with Crippen LogP contribution in [-0.2, 0) is 12.8 Å². The van der Waals surface area contributed by atoms with E-state index in [0.29, 0.717) is 6.04 Å². The first-order valence-corrected chi connectivity index (χ1v) is 8.03. The summed E-state index contributed by atoms with van der Waals surface area (Å²) in [6, 6.07) is 6.84. The molecule has 20 heavy (non-hydrogen) atoms. The van der Waals surface area contributed by atoms with Crippen molar-refractivity contribution in [1.82, 2.24) is 4.90 Å². The molecule has 1 aliphatic rings. The van der Waals surface area contributed by atoms with Gasteiger partial charge in [0.05, 0.1) is 0 Å². The van der Waals surface area contributed by atoms with Gasteiger partial charge in [-0.2, -0.15) is 0 Å². The molecule has 0 spiro atoms. The maximum atomic E-state index is 11.8. The molecule has 0 aliphatic heterocycles. The molecule has 1 aromatic carbocycles. The van der Waals surface area contributed by atoms with Gasteiger partial charge >= 0.3 is 0 Å². The summed E-state index contributed by atoms with van der Waals surface area (Å²) in [6.45, 7) is 8.54. The van der Waals surface area contributed by atoms with Crippen LogP contribution in [0.25, 0.3) is 0 Å². The third-order valence-electron chi connectivity index (χ3n) is 4.38. The van der Waals surface area contributed by atoms with Gasteiger partial charge in [-0.1, -0.05) is 32.0 Å². The number of aryl methyl sites for hydroxylation is 1. The fourth-order valence-corrected chi connectivity index (χ4v) is 3.46. The Labute approximate surface area is 123 Å². The van der Waals surface area contributed by atoms with Crippen LogP contribution in [0.5, 0.6) is 0 Å². The summed E-state index contributed by atoms with van der Waals surface area (Å²) < 4.78 is 0. The van der Waals surface area contributed by atoms with Gasteiger partial charge in [0.15, 0.2) is 5.78 Å². The zero-order valence-electron chi connectivity index (χ0n) is 13.1. The Morgan fingerprint density at radius 1 is 1.25 bits per heavy atom. The van der Waals surface area contributed by atoms with Gasteiger partial charge in [0.2, 0.25) is 0 Å². The minimum atomic E-state index is 0.208. The molecule has 1 atom stereocenters. The van der Waals surface area contributed by atoms with E-state index in [4.69, 9.17) is 0 Å². The van der Waals surface area contributed by atoms with Crippen molar-refractivity contribution in [3.05, 3.63) is 34.9 Å². The van der Waals surface area contributed by atoms with E-state index in [0.717, 1.165) is 18.4 Å². The molecule has 2 nitrogen and oxygen atoms in total. The van der Waals surface area contributed by atoms with Gasteiger partial charge in [-0.05, 0) is 63.2 Å². The van der Waals surface area contributed by atoms with Crippen LogP contribution in [0.2, 0.25) is 0 Å². The van der Waals surface area contributed by atoms with E-state index in [1.165, 1.54) is 43.5 Å². The first kappa shape index (κ1) is 15.2. The topological polar surface area (TPSA) is 20.3 Å². The molecule has 0 N–H and O–H groups in total. The highest BCUT2D eigenvalue weighted by molar-refractivity contribution is 5.96. The molecule has 0 saturated heterocycles. The van der Waals surface area contributed by atoms with Gasteiger partial charge in [0.25, 0.3) is 0 Å². The van der Waals surface area contributed by atoms with Gasteiger partial charge in [-0.3, -0.25) is 4.79 Å². The number of hydrogen-bond donors (Lipinski definition) is 0. The lowest BCUT2D eigenvalue weighted by molar-refractivity contribution is 0.101. The van der Waals surface area contributed by atoms with Crippen LogP contribution in [0.4, 0.5) is 0 Å². The lowest BCUT2D eigenvalue weighted by atomic mass is 9.86. The minimum Gasteiger partial charge on any atom is -0.300 e. The molecule has 110 valence electrons. The van der Waals surface area contributed by atoms with Crippen molar-refractivity contribution in [2.45, 2.75) is 58.9 Å². The predicted octanol–water partition coefficient (Wildman–Crippen LogP) is 3.87. The number of hydrogen-bond acceptors (Lipinski definition) is 2. The van der Waals surface area contributed by atoms with Crippen LogP contribution >= 0.6 is 0 Å². The summed E-state index contributed by atoms with van der Waals surface area (Å²) in [5, 5.41) is 0. The summed E-state index contributed by atoms with van der Waals surface area (Å²) in [4.78, 5) is 14.5. The molecule has 0 bridgehead atoms. The second-order valence-corrected chi connectivity index (χ2v) is 5.93. The van der Waals surface area contributed by atoms with E-state index in [-0.39, 0.29) is 5.78 Å². The van der Waals surface area contributed by atoms with E-state index in [2.05, 4.69) is 24.8 Å². The van der Waals surface area contributed by atoms with Gasteiger partial charge in [0, 0.05) is 11.6 Å². The first-order valence-electron chi connectivity index (χ1n) is 8.03. The van der Waals surface area contributed by atoms with Crippen LogP contribution in [0.3, 0.4) is 0 Å². The van der Waals surface area contributed by atoms with Crippen molar-refractivity contribution in [2.75, 3.05) is 13.1 Å². The number of nitrogens with zero attached hydrogens (tertiary/aromatic N) is 1. The van der Waals surface area contributed by atoms with Crippen LogP contribution in [0.1, 0.15) is 61.5 Å². The Balaban J connectivity index is 2.22. The zero-order valence-corrected chi connectivity index (χ0v) is 13.1. The molecule has 2 rings (SSSR count). The first-order chi connectivity index (χ1) is 9.67. The second kappa shape index (κ2) is 7.03. The van der Waals surface area contributed by atoms with Crippen molar-refractivity contribution in [3.63, 3.8) is 0 Å². The third-order valence-corrected chi connectivity index (χ3v) is 4.38. The maximum Gasteiger partial charge on any atom is 0.160 e. The fraction of sp³-hybridized carbons (Fsp3) is 0.611. The van der Waals surface area contributed by atoms with Crippen molar-refractivity contribution in [1.29, 1.82) is 0 Å². The molecule has 1 aromatic rings. The molecule has 0 heterocycles. The van der Waals surface area contributed by atoms with E-state index in [1.54, 1.807) is 6.92 Å². The quantitative estimate of drug-likeness (QED) is 0.735. The van der Waals surface area contributed by atoms with Crippen LogP contribution in [-0.4, -0.2) is 29.8 Å². The molecule has 0 aromatic heterocycles. The normalized spacial score (nSPS) is 18.1. The lowest BCUT2D eigenvalue weighted by Gasteiger charge is -2.35. The summed E-state index contributed by atoms with van der Waals surface area (Å²) in [5.41, 5.74) is 3.65. The van der Waals surface area contributed by atoms with Crippen LogP contribution in [0.15, 0.2) is 18.2 Å². The van der Waals surface area contributed by atoms with Crippen molar-refractivity contribution >= 4 is 5.78 Å². The number of rotatable bonds is 6. The molecular formula is C18H27NO. The molecule has 1 aliphatic carbocycles. The molecule has 2 heteroatoms. The average Bonchev–Trinajstić information content (AvgIpc) is 2.45. The highest BCUT2D eigenvalue weighted by Crippen LogP contribution is 2.28. The summed E-state index contributed by atoms with van der Waals surface area (Å²) >= 11 is 0. The number of fused-ring (bicyclic) bond motifs is 1. The van der Waals surface area contributed by atoms with E-state index >= 15 is 0 Å². The number of carbonyl (C=O) groups is 1. The highest BCUT2D eigenvalue weighted by atomic mass is 16.3. The Morgan fingerprint density at radius 2 is 1.95 bits per heavy atom. The standard InChI is InChI=1S/C18H27NO/c1-4-11-19(12-5-2)16-10-9-15-7-6-8-17(14(3)20)18(15)13-16/h6-8,16H,4-5,9-13H2,1-3H3/t16-/m0/s1/i14+2. The van der Waals surface area contributed by atoms with E-state index < -0.39 is 0 Å². The monoisotopic (exact) mass is 275 g/mol. The Bertz CT molecular complexity index is 460. The van der Waals surface area contributed by atoms with Gasteiger partial charge < -0.3 is 4.90 Å². The Morgan fingerprint density at radius 3 is 2.55 bits per heavy atom. The Hall–Kier alpha value is -1.15. The SMILES string of the molecule is CCCN(CCC)[C@H]1CCc2cccc([14C](C)=O)c2C1. The van der Waals surface area contributed by atoms with Crippen LogP contribution in [0, 0.1) is 0 Å². The van der Waals surface area contributed by atoms with E-state index in [1.807, 2.05) is 12.1 Å².